The maximum atomic E-state index is 13.7. The van der Waals surface area contributed by atoms with E-state index in [0.29, 0.717) is 27.1 Å². The molecule has 0 N–H and O–H groups in total. The summed E-state index contributed by atoms with van der Waals surface area (Å²) in [7, 11) is 1.54. The minimum Gasteiger partial charge on any atom is -0.464 e. The van der Waals surface area contributed by atoms with Crippen LogP contribution in [0.1, 0.15) is 27.0 Å². The summed E-state index contributed by atoms with van der Waals surface area (Å²) in [6.07, 6.45) is 1.41. The molecule has 1 aromatic heterocycles. The molecule has 0 unspecified atom stereocenters. The number of fused-ring (bicyclic) bond motifs is 1. The fourth-order valence-corrected chi connectivity index (χ4v) is 4.25. The highest BCUT2D eigenvalue weighted by Crippen LogP contribution is 2.17. The van der Waals surface area contributed by atoms with E-state index in [1.54, 1.807) is 41.3 Å². The van der Waals surface area contributed by atoms with E-state index < -0.39 is 0 Å². The van der Waals surface area contributed by atoms with Crippen LogP contribution in [-0.4, -0.2) is 48.4 Å². The Kier molecular flexibility index (Phi) is 8.94. The number of nitrogens with zero attached hydrogens (tertiary/aromatic N) is 2. The van der Waals surface area contributed by atoms with E-state index in [2.05, 4.69) is 0 Å². The average Bonchev–Trinajstić information content (AvgIpc) is 2.93. The minimum atomic E-state index is -0.313. The molecule has 0 radical (unpaired) electrons. The van der Waals surface area contributed by atoms with Crippen LogP contribution in [0.3, 0.4) is 0 Å². The van der Waals surface area contributed by atoms with Gasteiger partial charge in [-0.1, -0.05) is 53.6 Å². The lowest BCUT2D eigenvalue weighted by Crippen LogP contribution is -2.44. The molecule has 0 spiro atoms. The molecule has 0 fully saturated rings. The highest BCUT2D eigenvalue weighted by Gasteiger charge is 2.24. The summed E-state index contributed by atoms with van der Waals surface area (Å²) in [6, 6.07) is 21.4. The molecule has 196 valence electrons. The quantitative estimate of drug-likeness (QED) is 0.285. The summed E-state index contributed by atoms with van der Waals surface area (Å²) in [5.74, 6) is -0.622. The van der Waals surface area contributed by atoms with E-state index in [0.717, 1.165) is 11.1 Å². The topological polar surface area (TPSA) is 80.1 Å². The molecular weight excluding hydrogens is 504 g/mol. The van der Waals surface area contributed by atoms with Gasteiger partial charge in [0, 0.05) is 30.8 Å². The minimum absolute atomic E-state index is 0.0349. The van der Waals surface area contributed by atoms with Gasteiger partial charge in [0.15, 0.2) is 5.43 Å². The van der Waals surface area contributed by atoms with Crippen molar-refractivity contribution < 1.29 is 18.7 Å². The zero-order valence-electron chi connectivity index (χ0n) is 21.4. The number of benzene rings is 3. The third-order valence-corrected chi connectivity index (χ3v) is 6.45. The number of amides is 2. The highest BCUT2D eigenvalue weighted by molar-refractivity contribution is 6.30. The number of rotatable bonds is 10. The van der Waals surface area contributed by atoms with Crippen LogP contribution in [0.25, 0.3) is 11.0 Å². The third kappa shape index (κ3) is 6.68. The Bertz CT molecular complexity index is 1470. The number of carbonyl (C=O) groups excluding carboxylic acids is 2. The van der Waals surface area contributed by atoms with Crippen LogP contribution in [0.5, 0.6) is 0 Å². The second-order valence-electron chi connectivity index (χ2n) is 9.05. The van der Waals surface area contributed by atoms with Crippen molar-refractivity contribution in [3.63, 3.8) is 0 Å². The maximum Gasteiger partial charge on any atom is 0.254 e. The Morgan fingerprint density at radius 2 is 1.68 bits per heavy atom. The molecule has 7 nitrogen and oxygen atoms in total. The van der Waals surface area contributed by atoms with Crippen molar-refractivity contribution >= 4 is 34.4 Å². The Morgan fingerprint density at radius 3 is 2.39 bits per heavy atom. The first-order valence-electron chi connectivity index (χ1n) is 12.2. The lowest BCUT2D eigenvalue weighted by atomic mass is 10.1. The largest absolute Gasteiger partial charge is 0.464 e. The van der Waals surface area contributed by atoms with Gasteiger partial charge in [0.2, 0.25) is 5.91 Å². The number of methoxy groups -OCH3 is 1. The van der Waals surface area contributed by atoms with Crippen molar-refractivity contribution in [2.24, 2.45) is 0 Å². The number of carbonyl (C=O) groups is 2. The Morgan fingerprint density at radius 1 is 0.947 bits per heavy atom. The normalized spacial score (nSPS) is 10.9. The molecule has 4 aromatic rings. The second-order valence-corrected chi connectivity index (χ2v) is 9.49. The Balaban J connectivity index is 1.63. The van der Waals surface area contributed by atoms with Crippen molar-refractivity contribution in [2.75, 3.05) is 26.8 Å². The van der Waals surface area contributed by atoms with Crippen LogP contribution in [0, 0.1) is 6.92 Å². The van der Waals surface area contributed by atoms with Crippen molar-refractivity contribution in [1.29, 1.82) is 0 Å². The first-order chi connectivity index (χ1) is 18.4. The van der Waals surface area contributed by atoms with Gasteiger partial charge in [0.1, 0.15) is 12.1 Å². The highest BCUT2D eigenvalue weighted by atomic mass is 35.5. The van der Waals surface area contributed by atoms with Crippen LogP contribution < -0.4 is 5.43 Å². The SMILES string of the molecule is COCCN(CC(=O)N(Cc1ccccc1)Cc1coc2ccc(C)cc2c1=O)C(=O)c1ccc(Cl)cc1. The van der Waals surface area contributed by atoms with Crippen molar-refractivity contribution in [1.82, 2.24) is 9.80 Å². The van der Waals surface area contributed by atoms with Gasteiger partial charge >= 0.3 is 0 Å². The Labute approximate surface area is 226 Å². The first-order valence-corrected chi connectivity index (χ1v) is 12.6. The van der Waals surface area contributed by atoms with E-state index in [9.17, 15) is 14.4 Å². The number of ether oxygens (including phenoxy) is 1. The predicted molar refractivity (Wildman–Crippen MR) is 147 cm³/mol. The van der Waals surface area contributed by atoms with E-state index in [1.165, 1.54) is 18.3 Å². The summed E-state index contributed by atoms with van der Waals surface area (Å²) in [5, 5.41) is 0.980. The van der Waals surface area contributed by atoms with Crippen molar-refractivity contribution in [3.05, 3.63) is 117 Å². The summed E-state index contributed by atoms with van der Waals surface area (Å²) in [4.78, 5) is 43.2. The van der Waals surface area contributed by atoms with Crippen molar-refractivity contribution in [3.8, 4) is 0 Å². The fraction of sp³-hybridized carbons (Fsp3) is 0.233. The molecule has 38 heavy (non-hydrogen) atoms. The molecule has 0 aliphatic rings. The second kappa shape index (κ2) is 12.5. The summed E-state index contributed by atoms with van der Waals surface area (Å²) >= 11 is 5.98. The molecule has 0 saturated heterocycles. The van der Waals surface area contributed by atoms with E-state index >= 15 is 0 Å². The Hall–Kier alpha value is -3.94. The van der Waals surface area contributed by atoms with Gasteiger partial charge in [-0.15, -0.1) is 0 Å². The zero-order chi connectivity index (χ0) is 27.1. The van der Waals surface area contributed by atoms with E-state index in [4.69, 9.17) is 20.8 Å². The molecule has 3 aromatic carbocycles. The molecule has 8 heteroatoms. The van der Waals surface area contributed by atoms with E-state index in [-0.39, 0.29) is 50.0 Å². The number of halogens is 1. The van der Waals surface area contributed by atoms with Crippen molar-refractivity contribution in [2.45, 2.75) is 20.0 Å². The molecule has 0 aliphatic heterocycles. The number of hydrogen-bond donors (Lipinski definition) is 0. The smallest absolute Gasteiger partial charge is 0.254 e. The molecule has 1 heterocycles. The first kappa shape index (κ1) is 27.1. The monoisotopic (exact) mass is 532 g/mol. The molecule has 0 aliphatic carbocycles. The fourth-order valence-electron chi connectivity index (χ4n) is 4.13. The van der Waals surface area contributed by atoms with Gasteiger partial charge in [0.05, 0.1) is 30.4 Å². The van der Waals surface area contributed by atoms with Gasteiger partial charge in [-0.2, -0.15) is 0 Å². The van der Waals surface area contributed by atoms with Gasteiger partial charge < -0.3 is 19.0 Å². The number of hydrogen-bond acceptors (Lipinski definition) is 5. The number of aryl methyl sites for hydroxylation is 1. The predicted octanol–water partition coefficient (Wildman–Crippen LogP) is 5.07. The molecule has 0 atom stereocenters. The van der Waals surface area contributed by atoms with Gasteiger partial charge in [0.25, 0.3) is 5.91 Å². The van der Waals surface area contributed by atoms with Crippen LogP contribution in [0.2, 0.25) is 5.02 Å². The third-order valence-electron chi connectivity index (χ3n) is 6.20. The van der Waals surface area contributed by atoms with Crippen LogP contribution in [0.15, 0.2) is 88.3 Å². The van der Waals surface area contributed by atoms with Gasteiger partial charge in [-0.25, -0.2) is 0 Å². The molecule has 2 amide bonds. The maximum absolute atomic E-state index is 13.7. The summed E-state index contributed by atoms with van der Waals surface area (Å²) in [5.41, 5.74) is 2.92. The standard InChI is InChI=1S/C30H29ClN2O5/c1-21-8-13-27-26(16-21)29(35)24(20-38-27)18-33(17-22-6-4-3-5-7-22)28(34)19-32(14-15-37-2)30(36)23-9-11-25(31)12-10-23/h3-13,16,20H,14-15,17-19H2,1-2H3. The lowest BCUT2D eigenvalue weighted by Gasteiger charge is -2.28. The summed E-state index contributed by atoms with van der Waals surface area (Å²) < 4.78 is 10.9. The van der Waals surface area contributed by atoms with Gasteiger partial charge in [-0.05, 0) is 48.9 Å². The molecular formula is C30H29ClN2O5. The van der Waals surface area contributed by atoms with E-state index in [1.807, 2.05) is 43.3 Å². The zero-order valence-corrected chi connectivity index (χ0v) is 22.1. The van der Waals surface area contributed by atoms with Crippen LogP contribution in [-0.2, 0) is 22.6 Å². The van der Waals surface area contributed by atoms with Gasteiger partial charge in [-0.3, -0.25) is 14.4 Å². The van der Waals surface area contributed by atoms with Crippen LogP contribution in [0.4, 0.5) is 0 Å². The summed E-state index contributed by atoms with van der Waals surface area (Å²) in [6.45, 7) is 2.50. The lowest BCUT2D eigenvalue weighted by molar-refractivity contribution is -0.133. The molecule has 0 saturated carbocycles. The average molecular weight is 533 g/mol. The molecule has 0 bridgehead atoms. The van der Waals surface area contributed by atoms with Crippen LogP contribution >= 0.6 is 11.6 Å². The molecule has 4 rings (SSSR count).